The molecule has 0 fully saturated rings. The molecule has 8 N–H and O–H groups in total. The van der Waals surface area contributed by atoms with Crippen LogP contribution in [0.3, 0.4) is 0 Å². The Kier molecular flexibility index (Phi) is 10.7. The van der Waals surface area contributed by atoms with Crippen molar-refractivity contribution < 1.29 is 24.0 Å². The van der Waals surface area contributed by atoms with Gasteiger partial charge in [0, 0.05) is 13.1 Å². The molecule has 4 nitrogen and oxygen atoms in total. The Hall–Kier alpha value is 0.968. The van der Waals surface area contributed by atoms with Crippen LogP contribution in [0.25, 0.3) is 0 Å². The first-order valence-corrected chi connectivity index (χ1v) is 11.6. The Bertz CT molecular complexity index is 202. The molecule has 0 amide bonds. The van der Waals surface area contributed by atoms with E-state index >= 15 is 0 Å². The monoisotopic (exact) mass is 476 g/mol. The summed E-state index contributed by atoms with van der Waals surface area (Å²) in [7, 11) is 11.0. The van der Waals surface area contributed by atoms with Crippen LogP contribution in [0.5, 0.6) is 0 Å². The van der Waals surface area contributed by atoms with Crippen LogP contribution >= 0.6 is 18.8 Å². The van der Waals surface area contributed by atoms with Gasteiger partial charge in [-0.1, -0.05) is 0 Å². The Morgan fingerprint density at radius 2 is 1.41 bits per heavy atom. The van der Waals surface area contributed by atoms with E-state index in [0.717, 1.165) is 0 Å². The average Bonchev–Trinajstić information content (AvgIpc) is 2.28. The van der Waals surface area contributed by atoms with Crippen LogP contribution in [0, 0.1) is 0 Å². The van der Waals surface area contributed by atoms with Gasteiger partial charge in [0.05, 0.1) is 0 Å². The third-order valence-corrected chi connectivity index (χ3v) is 6.81. The van der Waals surface area contributed by atoms with Gasteiger partial charge in [-0.05, 0) is 6.92 Å². The van der Waals surface area contributed by atoms with Crippen LogP contribution in [0.4, 0.5) is 8.78 Å². The molecular formula is C8H21Cl2F2N4Pt. The van der Waals surface area contributed by atoms with E-state index in [0.29, 0.717) is 0 Å². The van der Waals surface area contributed by atoms with Gasteiger partial charge < -0.3 is 11.5 Å². The standard InChI is InChI=1S/C4H11FN2.C4H10FN2.2ClH.Pt/c2*1-4(5,2-6)3-7;;;/h2-3,6-7H2,1H3;2H,3,6-7H2,1H3;2*1H;/q;;;;+2/p-2. The molecule has 2 unspecified atom stereocenters. The molecule has 9 heteroatoms. The third-order valence-electron chi connectivity index (χ3n) is 1.94. The molecule has 0 bridgehead atoms. The van der Waals surface area contributed by atoms with Gasteiger partial charge in [-0.25, -0.2) is 4.39 Å². The fraction of sp³-hybridized carbons (Fsp3) is 1.00. The van der Waals surface area contributed by atoms with Gasteiger partial charge in [0.1, 0.15) is 5.67 Å². The summed E-state index contributed by atoms with van der Waals surface area (Å²) in [4.78, 5) is 0. The summed E-state index contributed by atoms with van der Waals surface area (Å²) in [5.74, 6) is 0. The summed E-state index contributed by atoms with van der Waals surface area (Å²) in [5.41, 5.74) is 17.4. The predicted molar refractivity (Wildman–Crippen MR) is 65.9 cm³/mol. The second-order valence-electron chi connectivity index (χ2n) is 3.85. The number of hydrogen-bond acceptors (Lipinski definition) is 4. The number of alkyl halides is 2. The molecule has 2 atom stereocenters. The van der Waals surface area contributed by atoms with Crippen molar-refractivity contribution in [3.63, 3.8) is 0 Å². The minimum atomic E-state index is -2.30. The van der Waals surface area contributed by atoms with E-state index in [4.69, 9.17) is 41.8 Å². The van der Waals surface area contributed by atoms with E-state index < -0.39 is 31.0 Å². The van der Waals surface area contributed by atoms with E-state index in [1.165, 1.54) is 13.8 Å². The van der Waals surface area contributed by atoms with Gasteiger partial charge in [0.15, 0.2) is 0 Å². The van der Waals surface area contributed by atoms with Crippen LogP contribution < -0.4 is 22.9 Å². The predicted octanol–water partition coefficient (Wildman–Crippen LogP) is 0.516. The second-order valence-corrected chi connectivity index (χ2v) is 11.8. The van der Waals surface area contributed by atoms with Crippen LogP contribution in [0.15, 0.2) is 0 Å². The zero-order chi connectivity index (χ0) is 14.3. The molecule has 0 radical (unpaired) electrons. The van der Waals surface area contributed by atoms with Crippen LogP contribution in [0.2, 0.25) is 0 Å². The molecule has 0 heterocycles. The van der Waals surface area contributed by atoms with Gasteiger partial charge in [-0.3, -0.25) is 0 Å². The Balaban J connectivity index is 0. The van der Waals surface area contributed by atoms with E-state index in [1.807, 2.05) is 0 Å². The fourth-order valence-electron chi connectivity index (χ4n) is 0.333. The molecule has 0 aromatic carbocycles. The quantitative estimate of drug-likeness (QED) is 0.464. The third kappa shape index (κ3) is 9.53. The van der Waals surface area contributed by atoms with Crippen molar-refractivity contribution in [3.05, 3.63) is 0 Å². The van der Waals surface area contributed by atoms with Gasteiger partial charge in [0.2, 0.25) is 0 Å². The first kappa shape index (κ1) is 20.3. The zero-order valence-electron chi connectivity index (χ0n) is 9.84. The summed E-state index contributed by atoms with van der Waals surface area (Å²) in [6.07, 6.45) is 0. The van der Waals surface area contributed by atoms with Crippen molar-refractivity contribution in [2.45, 2.75) is 29.6 Å². The molecule has 17 heavy (non-hydrogen) atoms. The summed E-state index contributed by atoms with van der Waals surface area (Å²) in [6.45, 7) is 2.56. The molecule has 0 aliphatic rings. The number of halogens is 4. The van der Waals surface area contributed by atoms with Crippen LogP contribution in [-0.2, 0) is 15.2 Å². The Morgan fingerprint density at radius 1 is 1.06 bits per heavy atom. The van der Waals surface area contributed by atoms with Gasteiger partial charge in [-0.15, -0.1) is 0 Å². The molecule has 0 rings (SSSR count). The summed E-state index contributed by atoms with van der Waals surface area (Å²) >= 11 is -2.30. The van der Waals surface area contributed by atoms with E-state index in [2.05, 4.69) is 0 Å². The Morgan fingerprint density at radius 3 is 1.47 bits per heavy atom. The molecule has 0 aromatic rings. The number of rotatable bonds is 5. The maximum absolute atomic E-state index is 13.1. The van der Waals surface area contributed by atoms with Crippen molar-refractivity contribution in [1.82, 2.24) is 0 Å². The van der Waals surface area contributed by atoms with Gasteiger partial charge >= 0.3 is 73.5 Å². The topological polar surface area (TPSA) is 104 Å². The summed E-state index contributed by atoms with van der Waals surface area (Å²) < 4.78 is 24.6. The fourth-order valence-corrected chi connectivity index (χ4v) is 3.99. The van der Waals surface area contributed by atoms with Gasteiger partial charge in [-0.2, -0.15) is 0 Å². The normalized spacial score (nSPS) is 17.6. The van der Waals surface area contributed by atoms with Crippen molar-refractivity contribution >= 4 is 18.8 Å². The molecule has 0 aliphatic heterocycles. The van der Waals surface area contributed by atoms with Crippen molar-refractivity contribution in [3.8, 4) is 0 Å². The Labute approximate surface area is 115 Å². The molecule has 0 saturated heterocycles. The first-order chi connectivity index (χ1) is 7.54. The first-order valence-electron chi connectivity index (χ1n) is 4.71. The zero-order valence-corrected chi connectivity index (χ0v) is 13.6. The van der Waals surface area contributed by atoms with Crippen LogP contribution in [-0.4, -0.2) is 35.4 Å². The average molecular weight is 477 g/mol. The number of hydrogen-bond donors (Lipinski definition) is 4. The van der Waals surface area contributed by atoms with Crippen molar-refractivity contribution in [2.75, 3.05) is 19.6 Å². The molecule has 111 valence electrons. The summed E-state index contributed by atoms with van der Waals surface area (Å²) in [6, 6.07) is 0. The molecule has 0 spiro atoms. The SMILES string of the molecule is CC(F)(CN)CN.CC(F)(CN)[CH](N)[Pt]([Cl])[Cl]. The second kappa shape index (κ2) is 8.97. The van der Waals surface area contributed by atoms with Crippen LogP contribution in [0.1, 0.15) is 13.8 Å². The molecule has 0 saturated carbocycles. The summed E-state index contributed by atoms with van der Waals surface area (Å²) in [5, 5.41) is 0. The molecule has 0 aromatic heterocycles. The molecular weight excluding hydrogens is 456 g/mol. The van der Waals surface area contributed by atoms with Crippen molar-refractivity contribution in [2.24, 2.45) is 22.9 Å². The number of nitrogens with two attached hydrogens (primary N) is 4. The maximum atomic E-state index is 13.1. The molecule has 0 aliphatic carbocycles. The van der Waals surface area contributed by atoms with E-state index in [9.17, 15) is 8.78 Å². The van der Waals surface area contributed by atoms with E-state index in [1.54, 1.807) is 0 Å². The van der Waals surface area contributed by atoms with Crippen molar-refractivity contribution in [1.29, 1.82) is 0 Å². The van der Waals surface area contributed by atoms with E-state index in [-0.39, 0.29) is 19.6 Å². The minimum absolute atomic E-state index is 0.00347. The van der Waals surface area contributed by atoms with Gasteiger partial charge in [0.25, 0.3) is 0 Å².